The van der Waals surface area contributed by atoms with Gasteiger partial charge in [-0.15, -0.1) is 0 Å². The van der Waals surface area contributed by atoms with Crippen molar-refractivity contribution in [3.8, 4) is 17.1 Å². The quantitative estimate of drug-likeness (QED) is 0.198. The molecule has 2 aromatic heterocycles. The van der Waals surface area contributed by atoms with Crippen LogP contribution in [0.15, 0.2) is 72.8 Å². The standard InChI is InChI=1S/C32H26ClF2N3O4/c33-23-10-8-22(26(35)16-23)18-42-31-5-1-4-27(37-31)20-7-6-19(25(34)13-20)15-30-36-28-11-9-21(32(39)40)14-29(28)38(30)17-24-3-2-12-41-24/h1,4-11,13-14,16,24H,2-3,12,15,17-18H2,(H,39,40). The Balaban J connectivity index is 1.24. The minimum atomic E-state index is -1.02. The Bertz CT molecular complexity index is 1790. The Labute approximate surface area is 245 Å². The molecule has 7 nitrogen and oxygen atoms in total. The molecule has 1 N–H and O–H groups in total. The number of nitrogens with zero attached hydrogens (tertiary/aromatic N) is 3. The summed E-state index contributed by atoms with van der Waals surface area (Å²) in [4.78, 5) is 20.8. The van der Waals surface area contributed by atoms with Crippen molar-refractivity contribution in [1.29, 1.82) is 0 Å². The molecule has 3 heterocycles. The van der Waals surface area contributed by atoms with Crippen molar-refractivity contribution in [2.45, 2.75) is 38.5 Å². The van der Waals surface area contributed by atoms with Crippen LogP contribution in [-0.2, 0) is 24.3 Å². The second-order valence-electron chi connectivity index (χ2n) is 10.2. The molecule has 1 fully saturated rings. The van der Waals surface area contributed by atoms with Gasteiger partial charge in [-0.2, -0.15) is 0 Å². The number of aromatic carboxylic acids is 1. The summed E-state index contributed by atoms with van der Waals surface area (Å²) < 4.78 is 43.0. The van der Waals surface area contributed by atoms with Crippen LogP contribution in [0.4, 0.5) is 8.78 Å². The molecule has 3 aromatic carbocycles. The maximum absolute atomic E-state index is 15.5. The third-order valence-electron chi connectivity index (χ3n) is 7.30. The van der Waals surface area contributed by atoms with E-state index >= 15 is 4.39 Å². The number of ether oxygens (including phenoxy) is 2. The normalized spacial score (nSPS) is 14.9. The van der Waals surface area contributed by atoms with Gasteiger partial charge in [-0.25, -0.2) is 23.5 Å². The Morgan fingerprint density at radius 2 is 1.86 bits per heavy atom. The number of rotatable bonds is 9. The molecule has 0 saturated carbocycles. The zero-order valence-corrected chi connectivity index (χ0v) is 23.2. The highest BCUT2D eigenvalue weighted by Gasteiger charge is 2.21. The van der Waals surface area contributed by atoms with Gasteiger partial charge in [0.15, 0.2) is 0 Å². The van der Waals surface area contributed by atoms with Crippen LogP contribution in [0.5, 0.6) is 5.88 Å². The third-order valence-corrected chi connectivity index (χ3v) is 7.53. The number of aromatic nitrogens is 3. The molecule has 1 aliphatic heterocycles. The lowest BCUT2D eigenvalue weighted by Gasteiger charge is -2.15. The fourth-order valence-electron chi connectivity index (χ4n) is 5.10. The highest BCUT2D eigenvalue weighted by molar-refractivity contribution is 6.30. The smallest absolute Gasteiger partial charge is 0.335 e. The molecule has 1 atom stereocenters. The number of carbonyl (C=O) groups is 1. The summed E-state index contributed by atoms with van der Waals surface area (Å²) in [7, 11) is 0. The Morgan fingerprint density at radius 1 is 1.02 bits per heavy atom. The van der Waals surface area contributed by atoms with Gasteiger partial charge in [0.2, 0.25) is 5.88 Å². The largest absolute Gasteiger partial charge is 0.478 e. The molecule has 6 rings (SSSR count). The van der Waals surface area contributed by atoms with Gasteiger partial charge in [-0.1, -0.05) is 35.9 Å². The number of halogens is 3. The van der Waals surface area contributed by atoms with E-state index in [4.69, 9.17) is 26.1 Å². The van der Waals surface area contributed by atoms with E-state index in [1.54, 1.807) is 54.6 Å². The van der Waals surface area contributed by atoms with Crippen molar-refractivity contribution in [1.82, 2.24) is 14.5 Å². The predicted octanol–water partition coefficient (Wildman–Crippen LogP) is 7.08. The first kappa shape index (κ1) is 27.8. The van der Waals surface area contributed by atoms with Gasteiger partial charge in [-0.3, -0.25) is 0 Å². The summed E-state index contributed by atoms with van der Waals surface area (Å²) in [5.41, 5.74) is 3.31. The summed E-state index contributed by atoms with van der Waals surface area (Å²) in [6, 6.07) is 19.2. The van der Waals surface area contributed by atoms with Crippen molar-refractivity contribution in [3.05, 3.63) is 112 Å². The molecule has 214 valence electrons. The van der Waals surface area contributed by atoms with E-state index in [0.717, 1.165) is 12.8 Å². The predicted molar refractivity (Wildman–Crippen MR) is 154 cm³/mol. The third kappa shape index (κ3) is 5.98. The Kier molecular flexibility index (Phi) is 7.86. The molecular formula is C32H26ClF2N3O4. The van der Waals surface area contributed by atoms with Gasteiger partial charge < -0.3 is 19.1 Å². The van der Waals surface area contributed by atoms with E-state index in [1.165, 1.54) is 18.2 Å². The lowest BCUT2D eigenvalue weighted by Crippen LogP contribution is -2.17. The number of benzene rings is 3. The lowest BCUT2D eigenvalue weighted by atomic mass is 10.1. The van der Waals surface area contributed by atoms with E-state index in [1.807, 2.05) is 4.57 Å². The molecule has 1 saturated heterocycles. The van der Waals surface area contributed by atoms with Gasteiger partial charge >= 0.3 is 5.97 Å². The average Bonchev–Trinajstić information content (AvgIpc) is 3.61. The molecule has 1 unspecified atom stereocenters. The van der Waals surface area contributed by atoms with E-state index in [2.05, 4.69) is 4.98 Å². The number of imidazole rings is 1. The fraction of sp³-hybridized carbons (Fsp3) is 0.219. The number of pyridine rings is 1. The van der Waals surface area contributed by atoms with Crippen molar-refractivity contribution in [2.24, 2.45) is 0 Å². The zero-order valence-electron chi connectivity index (χ0n) is 22.4. The first-order chi connectivity index (χ1) is 20.3. The van der Waals surface area contributed by atoms with Gasteiger partial charge in [-0.05, 0) is 60.9 Å². The summed E-state index contributed by atoms with van der Waals surface area (Å²) in [5, 5.41) is 9.80. The van der Waals surface area contributed by atoms with E-state index in [9.17, 15) is 14.3 Å². The van der Waals surface area contributed by atoms with Crippen LogP contribution < -0.4 is 4.74 Å². The van der Waals surface area contributed by atoms with Crippen molar-refractivity contribution < 1.29 is 28.2 Å². The zero-order chi connectivity index (χ0) is 29.2. The molecule has 0 spiro atoms. The molecule has 5 aromatic rings. The SMILES string of the molecule is O=C(O)c1ccc2nc(Cc3ccc(-c4cccc(OCc5ccc(Cl)cc5F)n4)cc3F)n(CC3CCCO3)c2c1. The van der Waals surface area contributed by atoms with Crippen molar-refractivity contribution in [2.75, 3.05) is 6.61 Å². The summed E-state index contributed by atoms with van der Waals surface area (Å²) in [5.74, 6) is -1.02. The first-order valence-corrected chi connectivity index (χ1v) is 13.9. The minimum Gasteiger partial charge on any atom is -0.478 e. The van der Waals surface area contributed by atoms with Crippen LogP contribution in [0.25, 0.3) is 22.3 Å². The Morgan fingerprint density at radius 3 is 2.62 bits per heavy atom. The van der Waals surface area contributed by atoms with Gasteiger partial charge in [0.1, 0.15) is 24.1 Å². The molecule has 0 aliphatic carbocycles. The second kappa shape index (κ2) is 11.9. The summed E-state index contributed by atoms with van der Waals surface area (Å²) in [6.45, 7) is 1.15. The number of hydrogen-bond acceptors (Lipinski definition) is 5. The van der Waals surface area contributed by atoms with Crippen molar-refractivity contribution >= 4 is 28.6 Å². The number of carboxylic acid groups (broad SMARTS) is 1. The van der Waals surface area contributed by atoms with E-state index in [0.29, 0.717) is 57.4 Å². The average molecular weight is 590 g/mol. The van der Waals surface area contributed by atoms with Crippen LogP contribution in [-0.4, -0.2) is 38.3 Å². The number of hydrogen-bond donors (Lipinski definition) is 1. The molecule has 1 aliphatic rings. The lowest BCUT2D eigenvalue weighted by molar-refractivity contribution is 0.0697. The second-order valence-corrected chi connectivity index (χ2v) is 10.6. The van der Waals surface area contributed by atoms with Gasteiger partial charge in [0, 0.05) is 35.2 Å². The topological polar surface area (TPSA) is 86.5 Å². The number of carboxylic acids is 1. The van der Waals surface area contributed by atoms with Crippen LogP contribution >= 0.6 is 11.6 Å². The molecular weight excluding hydrogens is 564 g/mol. The summed E-state index contributed by atoms with van der Waals surface area (Å²) >= 11 is 5.82. The van der Waals surface area contributed by atoms with E-state index < -0.39 is 17.6 Å². The van der Waals surface area contributed by atoms with Crippen LogP contribution in [0, 0.1) is 11.6 Å². The highest BCUT2D eigenvalue weighted by Crippen LogP contribution is 2.27. The van der Waals surface area contributed by atoms with Crippen LogP contribution in [0.1, 0.15) is 40.2 Å². The fourth-order valence-corrected chi connectivity index (χ4v) is 5.26. The number of fused-ring (bicyclic) bond motifs is 1. The maximum atomic E-state index is 15.5. The van der Waals surface area contributed by atoms with Gasteiger partial charge in [0.05, 0.1) is 34.9 Å². The molecule has 0 bridgehead atoms. The minimum absolute atomic E-state index is 0.0152. The molecule has 0 radical (unpaired) electrons. The molecule has 10 heteroatoms. The first-order valence-electron chi connectivity index (χ1n) is 13.5. The molecule has 42 heavy (non-hydrogen) atoms. The molecule has 0 amide bonds. The van der Waals surface area contributed by atoms with Crippen LogP contribution in [0.2, 0.25) is 5.02 Å². The van der Waals surface area contributed by atoms with Crippen LogP contribution in [0.3, 0.4) is 0 Å². The van der Waals surface area contributed by atoms with E-state index in [-0.39, 0.29) is 30.6 Å². The Hall–Kier alpha value is -4.34. The summed E-state index contributed by atoms with van der Waals surface area (Å²) in [6.07, 6.45) is 2.05. The highest BCUT2D eigenvalue weighted by atomic mass is 35.5. The van der Waals surface area contributed by atoms with Crippen molar-refractivity contribution in [3.63, 3.8) is 0 Å². The maximum Gasteiger partial charge on any atom is 0.335 e. The van der Waals surface area contributed by atoms with Gasteiger partial charge in [0.25, 0.3) is 0 Å². The monoisotopic (exact) mass is 589 g/mol.